The summed E-state index contributed by atoms with van der Waals surface area (Å²) in [6, 6.07) is 5.63. The fourth-order valence-electron chi connectivity index (χ4n) is 3.21. The summed E-state index contributed by atoms with van der Waals surface area (Å²) >= 11 is 3.56. The number of hydrogen-bond acceptors (Lipinski definition) is 1. The van der Waals surface area contributed by atoms with Crippen molar-refractivity contribution < 1.29 is 4.39 Å². The van der Waals surface area contributed by atoms with Gasteiger partial charge in [0.15, 0.2) is 0 Å². The molecule has 0 spiro atoms. The average molecular weight is 342 g/mol. The number of hydrogen-bond donors (Lipinski definition) is 1. The van der Waals surface area contributed by atoms with Crippen LogP contribution < -0.4 is 5.32 Å². The van der Waals surface area contributed by atoms with Crippen LogP contribution in [0.1, 0.15) is 51.0 Å². The topological polar surface area (TPSA) is 12.0 Å². The van der Waals surface area contributed by atoms with E-state index < -0.39 is 0 Å². The highest BCUT2D eigenvalue weighted by Crippen LogP contribution is 2.29. The van der Waals surface area contributed by atoms with Crippen molar-refractivity contribution in [3.05, 3.63) is 34.1 Å². The summed E-state index contributed by atoms with van der Waals surface area (Å²) < 4.78 is 14.5. The van der Waals surface area contributed by atoms with Crippen molar-refractivity contribution in [3.63, 3.8) is 0 Å². The Bertz CT molecular complexity index is 421. The van der Waals surface area contributed by atoms with E-state index in [-0.39, 0.29) is 5.82 Å². The highest BCUT2D eigenvalue weighted by Gasteiger charge is 2.24. The minimum Gasteiger partial charge on any atom is -0.314 e. The van der Waals surface area contributed by atoms with Crippen molar-refractivity contribution in [2.75, 3.05) is 6.54 Å². The maximum absolute atomic E-state index is 13.4. The molecule has 0 heterocycles. The molecule has 1 aliphatic rings. The summed E-state index contributed by atoms with van der Waals surface area (Å²) in [5.41, 5.74) is 1.11. The molecule has 112 valence electrons. The molecule has 0 saturated heterocycles. The monoisotopic (exact) mass is 341 g/mol. The molecule has 2 atom stereocenters. The van der Waals surface area contributed by atoms with E-state index in [1.54, 1.807) is 6.07 Å². The quantitative estimate of drug-likeness (QED) is 0.736. The highest BCUT2D eigenvalue weighted by atomic mass is 79.9. The van der Waals surface area contributed by atoms with Gasteiger partial charge in [0.05, 0.1) is 0 Å². The summed E-state index contributed by atoms with van der Waals surface area (Å²) in [6.07, 6.45) is 8.63. The van der Waals surface area contributed by atoms with Gasteiger partial charge >= 0.3 is 0 Å². The third-order valence-corrected chi connectivity index (χ3v) is 5.08. The molecular weight excluding hydrogens is 317 g/mol. The molecule has 1 saturated carbocycles. The van der Waals surface area contributed by atoms with E-state index in [1.165, 1.54) is 44.6 Å². The highest BCUT2D eigenvalue weighted by molar-refractivity contribution is 9.10. The Morgan fingerprint density at radius 2 is 2.05 bits per heavy atom. The first-order valence-electron chi connectivity index (χ1n) is 7.88. The lowest BCUT2D eigenvalue weighted by Crippen LogP contribution is -2.37. The van der Waals surface area contributed by atoms with Crippen molar-refractivity contribution in [3.8, 4) is 0 Å². The molecule has 2 unspecified atom stereocenters. The van der Waals surface area contributed by atoms with E-state index in [9.17, 15) is 4.39 Å². The van der Waals surface area contributed by atoms with Crippen LogP contribution in [0.2, 0.25) is 0 Å². The molecule has 1 nitrogen and oxygen atoms in total. The van der Waals surface area contributed by atoms with Crippen molar-refractivity contribution in [2.24, 2.45) is 5.92 Å². The molecule has 1 N–H and O–H groups in total. The van der Waals surface area contributed by atoms with E-state index in [0.717, 1.165) is 23.0 Å². The molecule has 20 heavy (non-hydrogen) atoms. The molecular formula is C17H25BrFN. The first-order valence-corrected chi connectivity index (χ1v) is 8.67. The van der Waals surface area contributed by atoms with E-state index in [0.29, 0.717) is 12.0 Å². The Balaban J connectivity index is 2.08. The molecule has 0 aromatic heterocycles. The third-order valence-electron chi connectivity index (χ3n) is 4.31. The molecule has 0 amide bonds. The van der Waals surface area contributed by atoms with Crippen LogP contribution in [-0.2, 0) is 6.42 Å². The molecule has 0 bridgehead atoms. The maximum atomic E-state index is 13.4. The molecule has 0 radical (unpaired) electrons. The average Bonchev–Trinajstić information content (AvgIpc) is 2.66. The van der Waals surface area contributed by atoms with E-state index in [2.05, 4.69) is 28.2 Å². The van der Waals surface area contributed by atoms with Crippen molar-refractivity contribution >= 4 is 15.9 Å². The Morgan fingerprint density at radius 1 is 1.25 bits per heavy atom. The SMILES string of the molecule is CCCNC1CCCCCC1Cc1cc(F)ccc1Br. The number of halogens is 2. The third kappa shape index (κ3) is 4.56. The molecule has 1 fully saturated rings. The lowest BCUT2D eigenvalue weighted by molar-refractivity contribution is 0.332. The zero-order valence-electron chi connectivity index (χ0n) is 12.3. The summed E-state index contributed by atoms with van der Waals surface area (Å²) in [4.78, 5) is 0. The van der Waals surface area contributed by atoms with Crippen molar-refractivity contribution in [1.82, 2.24) is 5.32 Å². The second kappa shape index (κ2) is 8.14. The van der Waals surface area contributed by atoms with Crippen LogP contribution in [0.5, 0.6) is 0 Å². The summed E-state index contributed by atoms with van der Waals surface area (Å²) in [5.74, 6) is 0.497. The number of nitrogens with one attached hydrogen (secondary N) is 1. The van der Waals surface area contributed by atoms with Crippen LogP contribution >= 0.6 is 15.9 Å². The van der Waals surface area contributed by atoms with Crippen LogP contribution in [0.4, 0.5) is 4.39 Å². The summed E-state index contributed by atoms with van der Waals surface area (Å²) in [7, 11) is 0. The van der Waals surface area contributed by atoms with Crippen LogP contribution in [0.3, 0.4) is 0 Å². The predicted octanol–water partition coefficient (Wildman–Crippen LogP) is 5.08. The first-order chi connectivity index (χ1) is 9.70. The number of benzene rings is 1. The maximum Gasteiger partial charge on any atom is 0.123 e. The normalized spacial score (nSPS) is 23.6. The molecule has 1 aromatic carbocycles. The van der Waals surface area contributed by atoms with Gasteiger partial charge in [-0.25, -0.2) is 4.39 Å². The summed E-state index contributed by atoms with van der Waals surface area (Å²) in [5, 5.41) is 3.71. The van der Waals surface area contributed by atoms with E-state index in [4.69, 9.17) is 0 Å². The second-order valence-corrected chi connectivity index (χ2v) is 6.75. The van der Waals surface area contributed by atoms with Gasteiger partial charge in [-0.15, -0.1) is 0 Å². The Morgan fingerprint density at radius 3 is 2.85 bits per heavy atom. The zero-order chi connectivity index (χ0) is 14.4. The van der Waals surface area contributed by atoms with Crippen LogP contribution in [0.15, 0.2) is 22.7 Å². The zero-order valence-corrected chi connectivity index (χ0v) is 13.9. The van der Waals surface area contributed by atoms with Gasteiger partial charge in [0.1, 0.15) is 5.82 Å². The van der Waals surface area contributed by atoms with Crippen LogP contribution in [0, 0.1) is 11.7 Å². The van der Waals surface area contributed by atoms with Gasteiger partial charge < -0.3 is 5.32 Å². The molecule has 2 rings (SSSR count). The van der Waals surface area contributed by atoms with Crippen LogP contribution in [-0.4, -0.2) is 12.6 Å². The Kier molecular flexibility index (Phi) is 6.50. The molecule has 0 aliphatic heterocycles. The van der Waals surface area contributed by atoms with E-state index >= 15 is 0 Å². The fraction of sp³-hybridized carbons (Fsp3) is 0.647. The predicted molar refractivity (Wildman–Crippen MR) is 86.5 cm³/mol. The van der Waals surface area contributed by atoms with Gasteiger partial charge in [-0.05, 0) is 61.9 Å². The molecule has 3 heteroatoms. The first kappa shape index (κ1) is 16.0. The molecule has 1 aliphatic carbocycles. The van der Waals surface area contributed by atoms with Crippen molar-refractivity contribution in [2.45, 2.75) is 57.9 Å². The lowest BCUT2D eigenvalue weighted by Gasteiger charge is -2.27. The van der Waals surface area contributed by atoms with Gasteiger partial charge in [-0.3, -0.25) is 0 Å². The largest absolute Gasteiger partial charge is 0.314 e. The van der Waals surface area contributed by atoms with Crippen molar-refractivity contribution in [1.29, 1.82) is 0 Å². The molecule has 1 aromatic rings. The van der Waals surface area contributed by atoms with Crippen LogP contribution in [0.25, 0.3) is 0 Å². The Hall–Kier alpha value is -0.410. The minimum atomic E-state index is -0.130. The lowest BCUT2D eigenvalue weighted by atomic mass is 9.88. The van der Waals surface area contributed by atoms with Gasteiger partial charge in [0.2, 0.25) is 0 Å². The van der Waals surface area contributed by atoms with Gasteiger partial charge in [-0.1, -0.05) is 42.1 Å². The van der Waals surface area contributed by atoms with Gasteiger partial charge in [0, 0.05) is 10.5 Å². The summed E-state index contributed by atoms with van der Waals surface area (Å²) in [6.45, 7) is 3.30. The van der Waals surface area contributed by atoms with Gasteiger partial charge in [0.25, 0.3) is 0 Å². The fourth-order valence-corrected chi connectivity index (χ4v) is 3.62. The Labute approximate surface area is 130 Å². The van der Waals surface area contributed by atoms with Gasteiger partial charge in [-0.2, -0.15) is 0 Å². The van der Waals surface area contributed by atoms with E-state index in [1.807, 2.05) is 6.07 Å². The number of rotatable bonds is 5. The smallest absolute Gasteiger partial charge is 0.123 e. The standard InChI is InChI=1S/C17H25BrFN/c1-2-10-20-17-7-5-3-4-6-13(17)11-14-12-15(19)8-9-16(14)18/h8-9,12-13,17,20H,2-7,10-11H2,1H3. The minimum absolute atomic E-state index is 0.130. The second-order valence-electron chi connectivity index (χ2n) is 5.90.